The van der Waals surface area contributed by atoms with Crippen LogP contribution >= 0.6 is 0 Å². The van der Waals surface area contributed by atoms with Gasteiger partial charge in [-0.25, -0.2) is 19.9 Å². The molecule has 0 saturated carbocycles. The molecule has 6 aromatic carbocycles. The number of aromatic nitrogens is 5. The Morgan fingerprint density at radius 1 is 0.438 bits per heavy atom. The highest BCUT2D eigenvalue weighted by Gasteiger charge is 2.17. The Labute approximate surface area is 274 Å². The van der Waals surface area contributed by atoms with Crippen LogP contribution in [0.2, 0.25) is 0 Å². The Balaban J connectivity index is 1.12. The van der Waals surface area contributed by atoms with E-state index in [1.54, 1.807) is 0 Å². The molecule has 0 amide bonds. The van der Waals surface area contributed by atoms with Crippen LogP contribution in [0.25, 0.3) is 94.5 Å². The molecule has 0 N–H and O–H groups in total. The van der Waals surface area contributed by atoms with Gasteiger partial charge >= 0.3 is 0 Å². The molecule has 0 aliphatic carbocycles. The maximum atomic E-state index is 6.55. The van der Waals surface area contributed by atoms with Crippen LogP contribution in [0.4, 0.5) is 0 Å². The minimum atomic E-state index is 0.589. The maximum Gasteiger partial charge on any atom is 0.164 e. The molecule has 0 spiro atoms. The maximum absolute atomic E-state index is 6.55. The van der Waals surface area contributed by atoms with E-state index in [2.05, 4.69) is 95.6 Å². The van der Waals surface area contributed by atoms with Crippen molar-refractivity contribution in [1.29, 1.82) is 0 Å². The van der Waals surface area contributed by atoms with Gasteiger partial charge in [0.15, 0.2) is 17.5 Å². The molecular weight excluding hydrogens is 590 g/mol. The largest absolute Gasteiger partial charge is 0.456 e. The Morgan fingerprint density at radius 2 is 1.08 bits per heavy atom. The van der Waals surface area contributed by atoms with Crippen molar-refractivity contribution >= 4 is 54.6 Å². The number of hydrogen-bond donors (Lipinski definition) is 0. The standard InChI is InChI=1S/C42H25N5O/c1-2-10-27(11-3-1)39-44-40(29-17-16-26-9-4-5-12-28(26)23-29)46-41(45-39)30-18-20-33-34-21-19-31(25-38(34)48-37(33)24-30)47-36-15-7-6-13-32(36)35-14-8-22-43-42(35)47/h1-25H. The van der Waals surface area contributed by atoms with Gasteiger partial charge in [0.25, 0.3) is 0 Å². The molecule has 0 radical (unpaired) electrons. The molecule has 10 rings (SSSR count). The average molecular weight is 616 g/mol. The Kier molecular flexibility index (Phi) is 5.77. The number of benzene rings is 6. The molecule has 0 bridgehead atoms. The van der Waals surface area contributed by atoms with Gasteiger partial charge in [-0.05, 0) is 59.3 Å². The zero-order valence-corrected chi connectivity index (χ0v) is 25.6. The molecule has 224 valence electrons. The van der Waals surface area contributed by atoms with Gasteiger partial charge in [-0.15, -0.1) is 0 Å². The fourth-order valence-electron chi connectivity index (χ4n) is 6.78. The lowest BCUT2D eigenvalue weighted by atomic mass is 10.1. The zero-order valence-electron chi connectivity index (χ0n) is 25.6. The summed E-state index contributed by atoms with van der Waals surface area (Å²) in [5.74, 6) is 1.84. The first-order chi connectivity index (χ1) is 23.8. The van der Waals surface area contributed by atoms with Gasteiger partial charge in [-0.1, -0.05) is 91.0 Å². The smallest absolute Gasteiger partial charge is 0.164 e. The number of pyridine rings is 1. The fourth-order valence-corrected chi connectivity index (χ4v) is 6.78. The van der Waals surface area contributed by atoms with Crippen molar-refractivity contribution in [2.75, 3.05) is 0 Å². The van der Waals surface area contributed by atoms with E-state index in [0.717, 1.165) is 66.3 Å². The average Bonchev–Trinajstić information content (AvgIpc) is 3.69. The summed E-state index contributed by atoms with van der Waals surface area (Å²) >= 11 is 0. The molecule has 0 unspecified atom stereocenters. The molecule has 6 nitrogen and oxygen atoms in total. The molecule has 0 fully saturated rings. The minimum Gasteiger partial charge on any atom is -0.456 e. The van der Waals surface area contributed by atoms with E-state index in [0.29, 0.717) is 17.5 Å². The SMILES string of the molecule is c1ccc(-c2nc(-c3ccc4ccccc4c3)nc(-c3ccc4c(c3)oc3cc(-n5c6ccccc6c6cccnc65)ccc34)n2)cc1. The summed E-state index contributed by atoms with van der Waals surface area (Å²) in [6.07, 6.45) is 1.84. The van der Waals surface area contributed by atoms with Gasteiger partial charge < -0.3 is 4.42 Å². The molecule has 0 aliphatic rings. The van der Waals surface area contributed by atoms with Crippen molar-refractivity contribution in [2.45, 2.75) is 0 Å². The Morgan fingerprint density at radius 3 is 1.94 bits per heavy atom. The summed E-state index contributed by atoms with van der Waals surface area (Å²) in [5.41, 5.74) is 7.32. The number of furan rings is 1. The third-order valence-corrected chi connectivity index (χ3v) is 9.08. The second kappa shape index (κ2) is 10.4. The summed E-state index contributed by atoms with van der Waals surface area (Å²) in [4.78, 5) is 19.6. The lowest BCUT2D eigenvalue weighted by molar-refractivity contribution is 0.668. The van der Waals surface area contributed by atoms with Crippen molar-refractivity contribution in [1.82, 2.24) is 24.5 Å². The van der Waals surface area contributed by atoms with Crippen molar-refractivity contribution in [3.8, 4) is 39.9 Å². The van der Waals surface area contributed by atoms with Gasteiger partial charge in [0.05, 0.1) is 11.2 Å². The van der Waals surface area contributed by atoms with Crippen LogP contribution in [-0.2, 0) is 0 Å². The number of hydrogen-bond acceptors (Lipinski definition) is 5. The van der Waals surface area contributed by atoms with Crippen molar-refractivity contribution in [3.05, 3.63) is 152 Å². The van der Waals surface area contributed by atoms with E-state index in [9.17, 15) is 0 Å². The van der Waals surface area contributed by atoms with Gasteiger partial charge in [0.1, 0.15) is 16.8 Å². The second-order valence-corrected chi connectivity index (χ2v) is 12.0. The molecule has 4 aromatic heterocycles. The van der Waals surface area contributed by atoms with Crippen LogP contribution in [0.1, 0.15) is 0 Å². The molecule has 4 heterocycles. The summed E-state index contributed by atoms with van der Waals surface area (Å²) < 4.78 is 8.75. The second-order valence-electron chi connectivity index (χ2n) is 12.0. The molecule has 10 aromatic rings. The van der Waals surface area contributed by atoms with Gasteiger partial charge in [0.2, 0.25) is 0 Å². The fraction of sp³-hybridized carbons (Fsp3) is 0. The van der Waals surface area contributed by atoms with Crippen LogP contribution < -0.4 is 0 Å². The Bertz CT molecular complexity index is 2800. The first-order valence-electron chi connectivity index (χ1n) is 15.9. The summed E-state index contributed by atoms with van der Waals surface area (Å²) in [5, 5.41) is 6.69. The molecule has 0 saturated heterocycles. The topological polar surface area (TPSA) is 69.6 Å². The van der Waals surface area contributed by atoms with E-state index in [1.807, 2.05) is 60.8 Å². The number of rotatable bonds is 4. The van der Waals surface area contributed by atoms with Crippen LogP contribution in [-0.4, -0.2) is 24.5 Å². The van der Waals surface area contributed by atoms with Gasteiger partial charge in [-0.3, -0.25) is 4.57 Å². The van der Waals surface area contributed by atoms with Crippen molar-refractivity contribution in [3.63, 3.8) is 0 Å². The van der Waals surface area contributed by atoms with Crippen LogP contribution in [0, 0.1) is 0 Å². The zero-order chi connectivity index (χ0) is 31.6. The van der Waals surface area contributed by atoms with Crippen LogP contribution in [0.15, 0.2) is 156 Å². The summed E-state index contributed by atoms with van der Waals surface area (Å²) in [7, 11) is 0. The Hall–Kier alpha value is -6.66. The van der Waals surface area contributed by atoms with E-state index in [-0.39, 0.29) is 0 Å². The first-order valence-corrected chi connectivity index (χ1v) is 15.9. The minimum absolute atomic E-state index is 0.589. The number of para-hydroxylation sites is 1. The first kappa shape index (κ1) is 26.5. The number of nitrogens with zero attached hydrogens (tertiary/aromatic N) is 5. The molecule has 0 atom stereocenters. The normalized spacial score (nSPS) is 11.8. The third-order valence-electron chi connectivity index (χ3n) is 9.08. The molecule has 6 heteroatoms. The van der Waals surface area contributed by atoms with Crippen molar-refractivity contribution < 1.29 is 4.42 Å². The molecular formula is C42H25N5O. The highest BCUT2D eigenvalue weighted by molar-refractivity contribution is 6.09. The van der Waals surface area contributed by atoms with E-state index < -0.39 is 0 Å². The lowest BCUT2D eigenvalue weighted by Crippen LogP contribution is -2.00. The monoisotopic (exact) mass is 615 g/mol. The predicted molar refractivity (Wildman–Crippen MR) is 193 cm³/mol. The van der Waals surface area contributed by atoms with E-state index in [1.165, 1.54) is 10.8 Å². The molecule has 0 aliphatic heterocycles. The van der Waals surface area contributed by atoms with Crippen LogP contribution in [0.5, 0.6) is 0 Å². The van der Waals surface area contributed by atoms with Gasteiger partial charge in [0, 0.05) is 50.5 Å². The highest BCUT2D eigenvalue weighted by atomic mass is 16.3. The highest BCUT2D eigenvalue weighted by Crippen LogP contribution is 2.36. The van der Waals surface area contributed by atoms with Crippen LogP contribution in [0.3, 0.4) is 0 Å². The van der Waals surface area contributed by atoms with E-state index >= 15 is 0 Å². The summed E-state index contributed by atoms with van der Waals surface area (Å²) in [6, 6.07) is 49.8. The van der Waals surface area contributed by atoms with Crippen molar-refractivity contribution in [2.24, 2.45) is 0 Å². The molecule has 48 heavy (non-hydrogen) atoms. The summed E-state index contributed by atoms with van der Waals surface area (Å²) in [6.45, 7) is 0. The number of fused-ring (bicyclic) bond motifs is 7. The predicted octanol–water partition coefficient (Wildman–Crippen LogP) is 10.4. The van der Waals surface area contributed by atoms with E-state index in [4.69, 9.17) is 24.4 Å². The quantitative estimate of drug-likeness (QED) is 0.197. The lowest BCUT2D eigenvalue weighted by Gasteiger charge is -2.09. The third kappa shape index (κ3) is 4.20. The van der Waals surface area contributed by atoms with Gasteiger partial charge in [-0.2, -0.15) is 0 Å².